The van der Waals surface area contributed by atoms with E-state index in [-0.39, 0.29) is 24.4 Å². The number of carboxylic acids is 1. The van der Waals surface area contributed by atoms with Crippen LogP contribution in [0.3, 0.4) is 0 Å². The van der Waals surface area contributed by atoms with Gasteiger partial charge in [-0.25, -0.2) is 13.1 Å². The molecule has 9 heteroatoms. The number of carbonyl (C=O) groups is 1. The van der Waals surface area contributed by atoms with E-state index in [0.717, 1.165) is 0 Å². The van der Waals surface area contributed by atoms with Crippen molar-refractivity contribution in [2.45, 2.75) is 37.6 Å². The molecule has 0 aromatic carbocycles. The molecule has 0 amide bonds. The lowest BCUT2D eigenvalue weighted by Gasteiger charge is -2.42. The fourth-order valence-corrected chi connectivity index (χ4v) is 3.78. The van der Waals surface area contributed by atoms with Crippen LogP contribution in [0.15, 0.2) is 16.9 Å². The minimum Gasteiger partial charge on any atom is -0.480 e. The van der Waals surface area contributed by atoms with Crippen LogP contribution in [0.25, 0.3) is 0 Å². The summed E-state index contributed by atoms with van der Waals surface area (Å²) in [6.07, 6.45) is 2.58. The van der Waals surface area contributed by atoms with Gasteiger partial charge in [0.05, 0.1) is 12.2 Å². The summed E-state index contributed by atoms with van der Waals surface area (Å²) in [6, 6.07) is 1.48. The molecular weight excluding hydrogens is 298 g/mol. The van der Waals surface area contributed by atoms with Crippen LogP contribution < -0.4 is 4.72 Å². The molecule has 0 spiro atoms. The normalized spacial score (nSPS) is 22.2. The Labute approximate surface area is 123 Å². The predicted molar refractivity (Wildman–Crippen MR) is 74.0 cm³/mol. The van der Waals surface area contributed by atoms with E-state index in [1.165, 1.54) is 12.3 Å². The van der Waals surface area contributed by atoms with Crippen molar-refractivity contribution in [1.82, 2.24) is 14.8 Å². The van der Waals surface area contributed by atoms with E-state index in [9.17, 15) is 13.2 Å². The van der Waals surface area contributed by atoms with Crippen molar-refractivity contribution in [1.29, 1.82) is 0 Å². The van der Waals surface area contributed by atoms with E-state index in [1.807, 2.05) is 11.8 Å². The molecule has 0 saturated heterocycles. The smallest absolute Gasteiger partial charge is 0.317 e. The second-order valence-corrected chi connectivity index (χ2v) is 6.90. The molecule has 0 radical (unpaired) electrons. The zero-order chi connectivity index (χ0) is 15.5. The molecule has 2 rings (SSSR count). The average Bonchev–Trinajstić information content (AvgIpc) is 2.82. The maximum atomic E-state index is 11.9. The molecule has 1 aliphatic carbocycles. The first-order chi connectivity index (χ1) is 9.89. The highest BCUT2D eigenvalue weighted by molar-refractivity contribution is 7.88. The molecule has 118 valence electrons. The second kappa shape index (κ2) is 6.54. The highest BCUT2D eigenvalue weighted by Crippen LogP contribution is 2.26. The van der Waals surface area contributed by atoms with Crippen molar-refractivity contribution in [3.05, 3.63) is 18.0 Å². The van der Waals surface area contributed by atoms with Crippen LogP contribution in [0.5, 0.6) is 0 Å². The van der Waals surface area contributed by atoms with Crippen LogP contribution in [-0.4, -0.2) is 54.7 Å². The summed E-state index contributed by atoms with van der Waals surface area (Å²) in [5.41, 5.74) is 0.361. The maximum absolute atomic E-state index is 11.9. The van der Waals surface area contributed by atoms with Crippen LogP contribution in [0.2, 0.25) is 0 Å². The van der Waals surface area contributed by atoms with Crippen LogP contribution >= 0.6 is 0 Å². The predicted octanol–water partition coefficient (Wildman–Crippen LogP) is 0.0315. The van der Waals surface area contributed by atoms with E-state index in [1.54, 1.807) is 0 Å². The summed E-state index contributed by atoms with van der Waals surface area (Å²) in [5, 5.41) is 12.4. The molecule has 1 aliphatic rings. The number of carboxylic acid groups (broad SMARTS) is 1. The molecule has 1 fully saturated rings. The zero-order valence-electron chi connectivity index (χ0n) is 11.7. The summed E-state index contributed by atoms with van der Waals surface area (Å²) in [7, 11) is -3.45. The second-order valence-electron chi connectivity index (χ2n) is 5.15. The number of hydrogen-bond acceptors (Lipinski definition) is 6. The number of nitrogens with one attached hydrogen (secondary N) is 1. The van der Waals surface area contributed by atoms with Crippen LogP contribution in [0.4, 0.5) is 0 Å². The molecule has 21 heavy (non-hydrogen) atoms. The average molecular weight is 317 g/mol. The minimum absolute atomic E-state index is 0.0143. The number of hydrogen-bond donors (Lipinski definition) is 2. The van der Waals surface area contributed by atoms with Crippen molar-refractivity contribution in [2.75, 3.05) is 13.1 Å². The van der Waals surface area contributed by atoms with Gasteiger partial charge in [0.1, 0.15) is 12.0 Å². The summed E-state index contributed by atoms with van der Waals surface area (Å²) in [5.74, 6) is -1.08. The van der Waals surface area contributed by atoms with Gasteiger partial charge in [0.15, 0.2) is 0 Å². The van der Waals surface area contributed by atoms with Crippen molar-refractivity contribution in [3.8, 4) is 0 Å². The Balaban J connectivity index is 1.80. The molecule has 1 heterocycles. The van der Waals surface area contributed by atoms with Gasteiger partial charge in [-0.3, -0.25) is 9.69 Å². The third kappa shape index (κ3) is 4.51. The first kappa shape index (κ1) is 15.9. The van der Waals surface area contributed by atoms with Crippen molar-refractivity contribution in [2.24, 2.45) is 0 Å². The third-order valence-electron chi connectivity index (χ3n) is 3.55. The highest BCUT2D eigenvalue weighted by atomic mass is 32.2. The number of likely N-dealkylation sites (N-methyl/N-ethyl adjacent to an activating group) is 1. The largest absolute Gasteiger partial charge is 0.480 e. The van der Waals surface area contributed by atoms with Gasteiger partial charge in [0.2, 0.25) is 10.0 Å². The molecule has 0 aliphatic heterocycles. The zero-order valence-corrected chi connectivity index (χ0v) is 12.5. The summed E-state index contributed by atoms with van der Waals surface area (Å²) >= 11 is 0. The summed E-state index contributed by atoms with van der Waals surface area (Å²) in [6.45, 7) is 2.51. The van der Waals surface area contributed by atoms with Crippen molar-refractivity contribution >= 4 is 16.0 Å². The number of nitrogens with zero attached hydrogens (tertiary/aromatic N) is 2. The number of aromatic nitrogens is 1. The first-order valence-corrected chi connectivity index (χ1v) is 8.40. The summed E-state index contributed by atoms with van der Waals surface area (Å²) in [4.78, 5) is 12.6. The lowest BCUT2D eigenvalue weighted by atomic mass is 9.86. The molecule has 0 bridgehead atoms. The lowest BCUT2D eigenvalue weighted by molar-refractivity contribution is -0.139. The topological polar surface area (TPSA) is 113 Å². The fourth-order valence-electron chi connectivity index (χ4n) is 2.46. The van der Waals surface area contributed by atoms with Gasteiger partial charge >= 0.3 is 5.97 Å². The van der Waals surface area contributed by atoms with Crippen LogP contribution in [-0.2, 0) is 20.6 Å². The molecule has 0 unspecified atom stereocenters. The molecule has 1 aromatic heterocycles. The number of rotatable bonds is 8. The Morgan fingerprint density at radius 1 is 1.57 bits per heavy atom. The third-order valence-corrected chi connectivity index (χ3v) is 4.92. The van der Waals surface area contributed by atoms with Crippen molar-refractivity contribution < 1.29 is 22.8 Å². The van der Waals surface area contributed by atoms with Crippen molar-refractivity contribution in [3.63, 3.8) is 0 Å². The molecular formula is C12H19N3O5S. The lowest BCUT2D eigenvalue weighted by Crippen LogP contribution is -2.54. The molecule has 0 atom stereocenters. The monoisotopic (exact) mass is 317 g/mol. The molecule has 8 nitrogen and oxygen atoms in total. The standard InChI is InChI=1S/C12H19N3O5S/c1-2-15(7-12(16)17)11-5-10(6-11)14-21(18,19)8-9-3-4-20-13-9/h3-4,10-11,14H,2,5-8H2,1H3,(H,16,17). The van der Waals surface area contributed by atoms with Gasteiger partial charge in [-0.2, -0.15) is 0 Å². The molecule has 2 N–H and O–H groups in total. The number of sulfonamides is 1. The van der Waals surface area contributed by atoms with Gasteiger partial charge < -0.3 is 9.63 Å². The highest BCUT2D eigenvalue weighted by Gasteiger charge is 2.36. The van der Waals surface area contributed by atoms with Gasteiger partial charge in [0.25, 0.3) is 0 Å². The Morgan fingerprint density at radius 3 is 2.81 bits per heavy atom. The SMILES string of the molecule is CCN(CC(=O)O)C1CC(NS(=O)(=O)Cc2ccon2)C1. The van der Waals surface area contributed by atoms with Gasteiger partial charge in [-0.1, -0.05) is 12.1 Å². The van der Waals surface area contributed by atoms with E-state index < -0.39 is 16.0 Å². The van der Waals surface area contributed by atoms with Gasteiger partial charge in [0, 0.05) is 18.2 Å². The van der Waals surface area contributed by atoms with E-state index >= 15 is 0 Å². The van der Waals surface area contributed by atoms with Crippen LogP contribution in [0.1, 0.15) is 25.5 Å². The fraction of sp³-hybridized carbons (Fsp3) is 0.667. The molecule has 1 aromatic rings. The van der Waals surface area contributed by atoms with Gasteiger partial charge in [-0.15, -0.1) is 0 Å². The van der Waals surface area contributed by atoms with Crippen LogP contribution in [0, 0.1) is 0 Å². The number of aliphatic carboxylic acids is 1. The Morgan fingerprint density at radius 2 is 2.29 bits per heavy atom. The van der Waals surface area contributed by atoms with E-state index in [2.05, 4.69) is 14.4 Å². The quantitative estimate of drug-likeness (QED) is 0.695. The van der Waals surface area contributed by atoms with Gasteiger partial charge in [-0.05, 0) is 19.4 Å². The minimum atomic E-state index is -3.45. The first-order valence-electron chi connectivity index (χ1n) is 6.74. The Hall–Kier alpha value is -1.45. The summed E-state index contributed by atoms with van der Waals surface area (Å²) < 4.78 is 31.1. The maximum Gasteiger partial charge on any atom is 0.317 e. The molecule has 1 saturated carbocycles. The van der Waals surface area contributed by atoms with E-state index in [0.29, 0.717) is 25.1 Å². The Bertz CT molecular complexity index is 566. The Kier molecular flexibility index (Phi) is 4.96. The van der Waals surface area contributed by atoms with E-state index in [4.69, 9.17) is 5.11 Å².